The van der Waals surface area contributed by atoms with Crippen LogP contribution >= 0.6 is 0 Å². The number of halogens is 1. The molecule has 0 aliphatic heterocycles. The van der Waals surface area contributed by atoms with Crippen LogP contribution in [-0.4, -0.2) is 21.8 Å². The van der Waals surface area contributed by atoms with E-state index in [1.54, 1.807) is 36.1 Å². The van der Waals surface area contributed by atoms with Crippen LogP contribution in [0, 0.1) is 5.82 Å². The molecule has 1 N–H and O–H groups in total. The minimum Gasteiger partial charge on any atom is -0.388 e. The standard InChI is InChI=1S/C12H13FN2O2/c1-17-8-15-6-11(14-12(15)7-16)9-4-2-3-5-10(9)13/h2-6,16H,7-8H2,1H3. The molecule has 17 heavy (non-hydrogen) atoms. The van der Waals surface area contributed by atoms with Gasteiger partial charge >= 0.3 is 0 Å². The molecule has 0 spiro atoms. The van der Waals surface area contributed by atoms with Gasteiger partial charge < -0.3 is 14.4 Å². The first-order chi connectivity index (χ1) is 8.26. The van der Waals surface area contributed by atoms with Gasteiger partial charge in [-0.2, -0.15) is 0 Å². The monoisotopic (exact) mass is 236 g/mol. The van der Waals surface area contributed by atoms with E-state index in [4.69, 9.17) is 9.84 Å². The van der Waals surface area contributed by atoms with Gasteiger partial charge in [-0.15, -0.1) is 0 Å². The average Bonchev–Trinajstić information content (AvgIpc) is 2.73. The molecular formula is C12H13FN2O2. The Morgan fingerprint density at radius 1 is 1.41 bits per heavy atom. The second-order valence-corrected chi connectivity index (χ2v) is 3.57. The zero-order chi connectivity index (χ0) is 12.3. The van der Waals surface area contributed by atoms with Crippen molar-refractivity contribution in [1.29, 1.82) is 0 Å². The van der Waals surface area contributed by atoms with Gasteiger partial charge in [-0.1, -0.05) is 12.1 Å². The van der Waals surface area contributed by atoms with Gasteiger partial charge in [0.2, 0.25) is 0 Å². The van der Waals surface area contributed by atoms with E-state index in [1.807, 2.05) is 0 Å². The van der Waals surface area contributed by atoms with Crippen LogP contribution < -0.4 is 0 Å². The highest BCUT2D eigenvalue weighted by molar-refractivity contribution is 5.59. The molecule has 0 atom stereocenters. The van der Waals surface area contributed by atoms with Crippen molar-refractivity contribution in [2.45, 2.75) is 13.3 Å². The van der Waals surface area contributed by atoms with Gasteiger partial charge in [0.15, 0.2) is 0 Å². The van der Waals surface area contributed by atoms with Gasteiger partial charge in [-0.05, 0) is 12.1 Å². The lowest BCUT2D eigenvalue weighted by molar-refractivity contribution is 0.123. The van der Waals surface area contributed by atoms with Crippen molar-refractivity contribution in [3.05, 3.63) is 42.1 Å². The first kappa shape index (κ1) is 11.8. The number of methoxy groups -OCH3 is 1. The van der Waals surface area contributed by atoms with Crippen LogP contribution in [0.25, 0.3) is 11.3 Å². The van der Waals surface area contributed by atoms with Crippen LogP contribution in [0.4, 0.5) is 4.39 Å². The fourth-order valence-electron chi connectivity index (χ4n) is 1.63. The predicted octanol–water partition coefficient (Wildman–Crippen LogP) is 1.79. The minimum absolute atomic E-state index is 0.211. The Labute approximate surface area is 98.3 Å². The highest BCUT2D eigenvalue weighted by atomic mass is 19.1. The Morgan fingerprint density at radius 3 is 2.82 bits per heavy atom. The summed E-state index contributed by atoms with van der Waals surface area (Å²) in [5, 5.41) is 9.14. The third-order valence-electron chi connectivity index (χ3n) is 2.42. The second kappa shape index (κ2) is 5.07. The maximum Gasteiger partial charge on any atom is 0.137 e. The molecule has 0 radical (unpaired) electrons. The number of hydrogen-bond acceptors (Lipinski definition) is 3. The minimum atomic E-state index is -0.334. The fourth-order valence-corrected chi connectivity index (χ4v) is 1.63. The maximum absolute atomic E-state index is 13.6. The largest absolute Gasteiger partial charge is 0.388 e. The Balaban J connectivity index is 2.43. The van der Waals surface area contributed by atoms with E-state index in [2.05, 4.69) is 4.98 Å². The van der Waals surface area contributed by atoms with Gasteiger partial charge in [0, 0.05) is 18.9 Å². The molecule has 1 heterocycles. The molecule has 0 bridgehead atoms. The van der Waals surface area contributed by atoms with E-state index in [9.17, 15) is 4.39 Å². The number of benzene rings is 1. The molecule has 1 aromatic heterocycles. The van der Waals surface area contributed by atoms with Crippen LogP contribution in [0.5, 0.6) is 0 Å². The lowest BCUT2D eigenvalue weighted by Crippen LogP contribution is -2.03. The molecule has 2 rings (SSSR count). The molecule has 4 nitrogen and oxygen atoms in total. The second-order valence-electron chi connectivity index (χ2n) is 3.57. The van der Waals surface area contributed by atoms with Crippen molar-refractivity contribution >= 4 is 0 Å². The van der Waals surface area contributed by atoms with Crippen molar-refractivity contribution in [2.24, 2.45) is 0 Å². The third-order valence-corrected chi connectivity index (χ3v) is 2.42. The topological polar surface area (TPSA) is 47.3 Å². The Kier molecular flexibility index (Phi) is 3.51. The van der Waals surface area contributed by atoms with Crippen molar-refractivity contribution in [2.75, 3.05) is 7.11 Å². The summed E-state index contributed by atoms with van der Waals surface area (Å²) < 4.78 is 20.2. The van der Waals surface area contributed by atoms with E-state index in [-0.39, 0.29) is 19.2 Å². The summed E-state index contributed by atoms with van der Waals surface area (Å²) >= 11 is 0. The molecule has 0 unspecified atom stereocenters. The fraction of sp³-hybridized carbons (Fsp3) is 0.250. The summed E-state index contributed by atoms with van der Waals surface area (Å²) in [4.78, 5) is 4.17. The van der Waals surface area contributed by atoms with Crippen LogP contribution in [0.2, 0.25) is 0 Å². The summed E-state index contributed by atoms with van der Waals surface area (Å²) in [6, 6.07) is 6.39. The van der Waals surface area contributed by atoms with E-state index >= 15 is 0 Å². The van der Waals surface area contributed by atoms with Crippen molar-refractivity contribution in [3.8, 4) is 11.3 Å². The van der Waals surface area contributed by atoms with Gasteiger partial charge in [0.1, 0.15) is 25.0 Å². The lowest BCUT2D eigenvalue weighted by atomic mass is 10.1. The van der Waals surface area contributed by atoms with Gasteiger partial charge in [0.25, 0.3) is 0 Å². The van der Waals surface area contributed by atoms with Crippen LogP contribution in [0.15, 0.2) is 30.5 Å². The average molecular weight is 236 g/mol. The van der Waals surface area contributed by atoms with E-state index in [0.29, 0.717) is 17.1 Å². The molecule has 0 saturated heterocycles. The van der Waals surface area contributed by atoms with Crippen LogP contribution in [-0.2, 0) is 18.1 Å². The highest BCUT2D eigenvalue weighted by Gasteiger charge is 2.11. The number of aromatic nitrogens is 2. The van der Waals surface area contributed by atoms with E-state index in [0.717, 1.165) is 0 Å². The Hall–Kier alpha value is -1.72. The number of aliphatic hydroxyl groups is 1. The maximum atomic E-state index is 13.6. The number of aliphatic hydroxyl groups excluding tert-OH is 1. The molecule has 0 fully saturated rings. The molecule has 0 saturated carbocycles. The van der Waals surface area contributed by atoms with Gasteiger partial charge in [-0.3, -0.25) is 0 Å². The smallest absolute Gasteiger partial charge is 0.137 e. The molecule has 0 amide bonds. The first-order valence-corrected chi connectivity index (χ1v) is 5.17. The van der Waals surface area contributed by atoms with E-state index in [1.165, 1.54) is 6.07 Å². The van der Waals surface area contributed by atoms with E-state index < -0.39 is 0 Å². The quantitative estimate of drug-likeness (QED) is 0.880. The van der Waals surface area contributed by atoms with Crippen molar-refractivity contribution < 1.29 is 14.2 Å². The molecule has 2 aromatic rings. The van der Waals surface area contributed by atoms with Gasteiger partial charge in [0.05, 0.1) is 5.69 Å². The molecule has 5 heteroatoms. The Morgan fingerprint density at radius 2 is 2.18 bits per heavy atom. The summed E-state index contributed by atoms with van der Waals surface area (Å²) in [5.41, 5.74) is 0.904. The molecule has 0 aliphatic rings. The van der Waals surface area contributed by atoms with Crippen molar-refractivity contribution in [1.82, 2.24) is 9.55 Å². The van der Waals surface area contributed by atoms with Gasteiger partial charge in [-0.25, -0.2) is 9.37 Å². The zero-order valence-corrected chi connectivity index (χ0v) is 9.43. The number of nitrogens with zero attached hydrogens (tertiary/aromatic N) is 2. The number of ether oxygens (including phenoxy) is 1. The zero-order valence-electron chi connectivity index (χ0n) is 9.43. The normalized spacial score (nSPS) is 10.8. The van der Waals surface area contributed by atoms with Crippen LogP contribution in [0.1, 0.15) is 5.82 Å². The number of imidazole rings is 1. The lowest BCUT2D eigenvalue weighted by Gasteiger charge is -2.02. The highest BCUT2D eigenvalue weighted by Crippen LogP contribution is 2.21. The molecular weight excluding hydrogens is 223 g/mol. The summed E-state index contributed by atoms with van der Waals surface area (Å²) in [6.45, 7) is 0.0646. The Bertz CT molecular complexity index is 511. The van der Waals surface area contributed by atoms with Crippen molar-refractivity contribution in [3.63, 3.8) is 0 Å². The molecule has 90 valence electrons. The molecule has 0 aliphatic carbocycles. The summed E-state index contributed by atoms with van der Waals surface area (Å²) in [5.74, 6) is 0.115. The SMILES string of the molecule is COCn1cc(-c2ccccc2F)nc1CO. The predicted molar refractivity (Wildman–Crippen MR) is 60.6 cm³/mol. The first-order valence-electron chi connectivity index (χ1n) is 5.17. The van der Waals surface area contributed by atoms with Crippen LogP contribution in [0.3, 0.4) is 0 Å². The molecule has 1 aromatic carbocycles. The number of hydrogen-bond donors (Lipinski definition) is 1. The summed E-state index contributed by atoms with van der Waals surface area (Å²) in [7, 11) is 1.55. The summed E-state index contributed by atoms with van der Waals surface area (Å²) in [6.07, 6.45) is 1.66. The third kappa shape index (κ3) is 2.35. The number of rotatable bonds is 4.